The van der Waals surface area contributed by atoms with Crippen LogP contribution in [0.2, 0.25) is 0 Å². The molecule has 2 aromatic heterocycles. The predicted octanol–water partition coefficient (Wildman–Crippen LogP) is 10.3. The van der Waals surface area contributed by atoms with Crippen LogP contribution in [0.15, 0.2) is 133 Å². The summed E-state index contributed by atoms with van der Waals surface area (Å²) in [6, 6.07) is 38.0. The summed E-state index contributed by atoms with van der Waals surface area (Å²) in [5.74, 6) is 1.03. The first-order chi connectivity index (χ1) is 21.8. The van der Waals surface area contributed by atoms with Crippen molar-refractivity contribution in [1.82, 2.24) is 9.88 Å². The number of rotatable bonds is 1. The van der Waals surface area contributed by atoms with Gasteiger partial charge in [0.25, 0.3) is 0 Å². The van der Waals surface area contributed by atoms with E-state index in [0.717, 1.165) is 5.84 Å². The Balaban J connectivity index is 1.28. The van der Waals surface area contributed by atoms with Crippen molar-refractivity contribution >= 4 is 92.1 Å². The number of nitrogens with zero attached hydrogens (tertiary/aromatic N) is 3. The van der Waals surface area contributed by atoms with Crippen molar-refractivity contribution in [3.05, 3.63) is 133 Å². The smallest absolute Gasteiger partial charge is 0.152 e. The van der Waals surface area contributed by atoms with Gasteiger partial charge in [-0.15, -0.1) is 11.3 Å². The fourth-order valence-electron chi connectivity index (χ4n) is 8.07. The normalized spacial score (nSPS) is 18.8. The minimum atomic E-state index is -0.0359. The van der Waals surface area contributed by atoms with Gasteiger partial charge < -0.3 is 14.8 Å². The van der Waals surface area contributed by atoms with Crippen LogP contribution in [0, 0.1) is 0 Å². The number of hydrogen-bond acceptors (Lipinski definition) is 4. The van der Waals surface area contributed by atoms with Crippen LogP contribution in [0.25, 0.3) is 63.5 Å². The summed E-state index contributed by atoms with van der Waals surface area (Å²) in [7, 11) is 0. The van der Waals surface area contributed by atoms with Crippen LogP contribution in [0.3, 0.4) is 0 Å². The van der Waals surface area contributed by atoms with Gasteiger partial charge in [0, 0.05) is 70.1 Å². The maximum absolute atomic E-state index is 5.31. The number of thiophene rings is 1. The fraction of sp³-hybridized carbons (Fsp3) is 0.0513. The highest BCUT2D eigenvalue weighted by atomic mass is 32.1. The van der Waals surface area contributed by atoms with E-state index < -0.39 is 0 Å². The van der Waals surface area contributed by atoms with E-state index in [0.29, 0.717) is 0 Å². The lowest BCUT2D eigenvalue weighted by molar-refractivity contribution is 0.414. The lowest BCUT2D eigenvalue weighted by atomic mass is 9.98. The van der Waals surface area contributed by atoms with Gasteiger partial charge in [-0.1, -0.05) is 91.0 Å². The molecule has 4 nitrogen and oxygen atoms in total. The fourth-order valence-corrected chi connectivity index (χ4v) is 9.48. The number of benzene rings is 6. The van der Waals surface area contributed by atoms with Crippen LogP contribution in [-0.4, -0.2) is 21.9 Å². The third kappa shape index (κ3) is 2.76. The number of hydrogen-bond donors (Lipinski definition) is 1. The SMILES string of the molecule is C1=CC2=NC3C(c4ccccc4N3c3cccc4ccc5c(sc6c7ccccc7c7[nH]c8ccccc8c7c56)c34)N2C=C1. The summed E-state index contributed by atoms with van der Waals surface area (Å²) in [6.45, 7) is 0. The lowest BCUT2D eigenvalue weighted by Gasteiger charge is -2.27. The second-order valence-corrected chi connectivity index (χ2v) is 13.0. The van der Waals surface area contributed by atoms with Gasteiger partial charge in [0.05, 0.1) is 11.2 Å². The van der Waals surface area contributed by atoms with E-state index in [1.807, 2.05) is 11.3 Å². The van der Waals surface area contributed by atoms with Crippen LogP contribution in [0.4, 0.5) is 11.4 Å². The molecule has 11 rings (SSSR count). The zero-order chi connectivity index (χ0) is 28.5. The molecule has 0 bridgehead atoms. The zero-order valence-electron chi connectivity index (χ0n) is 23.5. The number of para-hydroxylation sites is 2. The zero-order valence-corrected chi connectivity index (χ0v) is 24.3. The van der Waals surface area contributed by atoms with Crippen molar-refractivity contribution in [2.45, 2.75) is 12.2 Å². The first-order valence-corrected chi connectivity index (χ1v) is 15.9. The molecule has 0 amide bonds. The van der Waals surface area contributed by atoms with Gasteiger partial charge in [0.1, 0.15) is 11.9 Å². The number of nitrogens with one attached hydrogen (secondary N) is 1. The summed E-state index contributed by atoms with van der Waals surface area (Å²) in [5, 5.41) is 10.4. The molecule has 0 saturated heterocycles. The molecule has 5 heterocycles. The molecule has 5 heteroatoms. The average Bonchev–Trinajstić information content (AvgIpc) is 3.82. The van der Waals surface area contributed by atoms with E-state index in [2.05, 4.69) is 142 Å². The van der Waals surface area contributed by atoms with Crippen LogP contribution >= 0.6 is 11.3 Å². The van der Waals surface area contributed by atoms with Crippen LogP contribution in [-0.2, 0) is 0 Å². The Morgan fingerprint density at radius 2 is 1.43 bits per heavy atom. The molecule has 206 valence electrons. The number of aliphatic imine (C=N–C) groups is 1. The molecule has 2 atom stereocenters. The predicted molar refractivity (Wildman–Crippen MR) is 186 cm³/mol. The van der Waals surface area contributed by atoms with Gasteiger partial charge in [-0.05, 0) is 35.7 Å². The van der Waals surface area contributed by atoms with Gasteiger partial charge >= 0.3 is 0 Å². The highest BCUT2D eigenvalue weighted by Crippen LogP contribution is 2.54. The number of aromatic amines is 1. The lowest BCUT2D eigenvalue weighted by Crippen LogP contribution is -2.31. The van der Waals surface area contributed by atoms with Gasteiger partial charge in [-0.2, -0.15) is 0 Å². The molecule has 8 aromatic rings. The van der Waals surface area contributed by atoms with Crippen LogP contribution in [0.5, 0.6) is 0 Å². The standard InChI is InChI=1S/C39H24N4S/c1-2-12-24-23(11-1)35-33(25-13-3-5-15-28(25)40-35)34-27-20-19-22-10-9-17-30(32(22)38(27)44-37(24)34)43-29-16-6-4-14-26(29)36-39(43)41-31-18-7-8-21-42(31)36/h1-21,36,39-40H. The van der Waals surface area contributed by atoms with E-state index in [-0.39, 0.29) is 12.2 Å². The first-order valence-electron chi connectivity index (χ1n) is 15.1. The Morgan fingerprint density at radius 1 is 0.636 bits per heavy atom. The van der Waals surface area contributed by atoms with Crippen molar-refractivity contribution in [2.75, 3.05) is 4.90 Å². The molecule has 3 aliphatic heterocycles. The maximum Gasteiger partial charge on any atom is 0.152 e. The Kier molecular flexibility index (Phi) is 4.28. The van der Waals surface area contributed by atoms with Crippen molar-refractivity contribution in [2.24, 2.45) is 4.99 Å². The van der Waals surface area contributed by atoms with E-state index in [1.54, 1.807) is 0 Å². The van der Waals surface area contributed by atoms with Gasteiger partial charge in [0.15, 0.2) is 6.17 Å². The molecule has 3 aliphatic rings. The molecular weight excluding hydrogens is 557 g/mol. The van der Waals surface area contributed by atoms with Crippen LogP contribution < -0.4 is 4.90 Å². The molecule has 2 unspecified atom stereocenters. The van der Waals surface area contributed by atoms with E-state index in [9.17, 15) is 0 Å². The maximum atomic E-state index is 5.31. The number of fused-ring (bicyclic) bond motifs is 17. The quantitative estimate of drug-likeness (QED) is 0.210. The highest BCUT2D eigenvalue weighted by Gasteiger charge is 2.47. The Labute approximate surface area is 256 Å². The first kappa shape index (κ1) is 23.1. The molecule has 0 saturated carbocycles. The van der Waals surface area contributed by atoms with E-state index >= 15 is 0 Å². The molecule has 0 radical (unpaired) electrons. The average molecular weight is 581 g/mol. The largest absolute Gasteiger partial charge is 0.354 e. The second kappa shape index (κ2) is 8.16. The summed E-state index contributed by atoms with van der Waals surface area (Å²) < 4.78 is 2.68. The number of anilines is 2. The Morgan fingerprint density at radius 3 is 2.39 bits per heavy atom. The third-order valence-corrected chi connectivity index (χ3v) is 11.1. The second-order valence-electron chi connectivity index (χ2n) is 12.0. The number of H-pyrrole nitrogens is 1. The summed E-state index contributed by atoms with van der Waals surface area (Å²) in [5.41, 5.74) is 6.18. The minimum absolute atomic E-state index is 0.0359. The highest BCUT2D eigenvalue weighted by molar-refractivity contribution is 7.28. The summed E-state index contributed by atoms with van der Waals surface area (Å²) >= 11 is 1.94. The Hall–Kier alpha value is -5.39. The topological polar surface area (TPSA) is 34.6 Å². The molecule has 0 aliphatic carbocycles. The van der Waals surface area contributed by atoms with Crippen molar-refractivity contribution in [3.8, 4) is 0 Å². The number of allylic oxidation sites excluding steroid dienone is 2. The minimum Gasteiger partial charge on any atom is -0.354 e. The molecule has 44 heavy (non-hydrogen) atoms. The summed E-state index contributed by atoms with van der Waals surface area (Å²) in [6.07, 6.45) is 8.46. The third-order valence-electron chi connectivity index (χ3n) is 9.83. The van der Waals surface area contributed by atoms with Gasteiger partial charge in [0.2, 0.25) is 0 Å². The monoisotopic (exact) mass is 580 g/mol. The summed E-state index contributed by atoms with van der Waals surface area (Å²) in [4.78, 5) is 13.9. The number of aromatic nitrogens is 1. The Bertz CT molecular complexity index is 2650. The van der Waals surface area contributed by atoms with Gasteiger partial charge in [-0.3, -0.25) is 0 Å². The van der Waals surface area contributed by atoms with Gasteiger partial charge in [-0.25, -0.2) is 4.99 Å². The molecule has 6 aromatic carbocycles. The van der Waals surface area contributed by atoms with E-state index in [4.69, 9.17) is 4.99 Å². The molecule has 1 N–H and O–H groups in total. The molecule has 0 fully saturated rings. The van der Waals surface area contributed by atoms with Crippen molar-refractivity contribution in [1.29, 1.82) is 0 Å². The van der Waals surface area contributed by atoms with Crippen LogP contribution in [0.1, 0.15) is 11.6 Å². The molecular formula is C39H24N4S. The van der Waals surface area contributed by atoms with Crippen molar-refractivity contribution in [3.63, 3.8) is 0 Å². The number of amidine groups is 1. The van der Waals surface area contributed by atoms with E-state index in [1.165, 1.54) is 80.5 Å². The molecule has 0 spiro atoms. The van der Waals surface area contributed by atoms with Crippen molar-refractivity contribution < 1.29 is 0 Å².